The van der Waals surface area contributed by atoms with Gasteiger partial charge < -0.3 is 15.1 Å². The van der Waals surface area contributed by atoms with E-state index in [-0.39, 0.29) is 17.1 Å². The number of non-ortho nitro benzene ring substituents is 1. The second-order valence-electron chi connectivity index (χ2n) is 5.66. The molecular weight excluding hydrogens is 362 g/mol. The largest absolute Gasteiger partial charge is 0.459 e. The summed E-state index contributed by atoms with van der Waals surface area (Å²) in [6, 6.07) is 17.4. The molecule has 2 aromatic carbocycles. The minimum Gasteiger partial charge on any atom is -0.459 e. The first-order valence-electron chi connectivity index (χ1n) is 8.20. The Labute approximate surface area is 159 Å². The Bertz CT molecular complexity index is 1030. The molecule has 28 heavy (non-hydrogen) atoms. The molecular formula is C20H15N3O5. The maximum atomic E-state index is 12.7. The zero-order valence-electron chi connectivity index (χ0n) is 14.5. The number of nitro benzene ring substituents is 1. The highest BCUT2D eigenvalue weighted by molar-refractivity contribution is 6.10. The van der Waals surface area contributed by atoms with Crippen molar-refractivity contribution in [3.8, 4) is 0 Å². The van der Waals surface area contributed by atoms with Crippen molar-refractivity contribution in [2.24, 2.45) is 0 Å². The fourth-order valence-corrected chi connectivity index (χ4v) is 2.36. The molecule has 0 unspecified atom stereocenters. The summed E-state index contributed by atoms with van der Waals surface area (Å²) in [6.07, 6.45) is 2.69. The number of benzene rings is 2. The van der Waals surface area contributed by atoms with Gasteiger partial charge in [-0.15, -0.1) is 0 Å². The predicted molar refractivity (Wildman–Crippen MR) is 102 cm³/mol. The van der Waals surface area contributed by atoms with Crippen molar-refractivity contribution in [1.29, 1.82) is 0 Å². The molecule has 0 aliphatic rings. The highest BCUT2D eigenvalue weighted by atomic mass is 16.6. The standard InChI is InChI=1S/C20H15N3O5/c24-19(21-15-7-2-1-3-8-15)17(22-20(25)18-10-5-11-28-18)13-14-6-4-9-16(12-14)23(26)27/h1-13H,(H,21,24)(H,22,25). The lowest BCUT2D eigenvalue weighted by Crippen LogP contribution is -2.30. The van der Waals surface area contributed by atoms with E-state index in [4.69, 9.17) is 4.42 Å². The van der Waals surface area contributed by atoms with Gasteiger partial charge in [0.1, 0.15) is 5.70 Å². The number of hydrogen-bond acceptors (Lipinski definition) is 5. The summed E-state index contributed by atoms with van der Waals surface area (Å²) in [6.45, 7) is 0. The normalized spacial score (nSPS) is 10.9. The van der Waals surface area contributed by atoms with Gasteiger partial charge in [-0.05, 0) is 35.9 Å². The Balaban J connectivity index is 1.91. The number of nitrogens with zero attached hydrogens (tertiary/aromatic N) is 1. The van der Waals surface area contributed by atoms with Crippen LogP contribution in [0.5, 0.6) is 0 Å². The van der Waals surface area contributed by atoms with Gasteiger partial charge in [0.05, 0.1) is 11.2 Å². The Hall–Kier alpha value is -4.20. The molecule has 0 aliphatic carbocycles. The molecule has 0 spiro atoms. The van der Waals surface area contributed by atoms with Crippen molar-refractivity contribution < 1.29 is 18.9 Å². The first kappa shape index (κ1) is 18.6. The van der Waals surface area contributed by atoms with Crippen molar-refractivity contribution >= 4 is 29.3 Å². The van der Waals surface area contributed by atoms with Gasteiger partial charge in [-0.1, -0.05) is 30.3 Å². The summed E-state index contributed by atoms with van der Waals surface area (Å²) < 4.78 is 5.03. The summed E-state index contributed by atoms with van der Waals surface area (Å²) in [4.78, 5) is 35.4. The van der Waals surface area contributed by atoms with Gasteiger partial charge >= 0.3 is 0 Å². The molecule has 0 fully saturated rings. The number of nitro groups is 1. The van der Waals surface area contributed by atoms with E-state index >= 15 is 0 Å². The first-order valence-corrected chi connectivity index (χ1v) is 8.20. The lowest BCUT2D eigenvalue weighted by atomic mass is 10.1. The molecule has 3 aromatic rings. The summed E-state index contributed by atoms with van der Waals surface area (Å²) in [7, 11) is 0. The smallest absolute Gasteiger partial charge is 0.291 e. The lowest BCUT2D eigenvalue weighted by Gasteiger charge is -2.10. The molecule has 0 radical (unpaired) electrons. The monoisotopic (exact) mass is 377 g/mol. The molecule has 2 amide bonds. The van der Waals surface area contributed by atoms with Crippen LogP contribution in [0.2, 0.25) is 0 Å². The Morgan fingerprint density at radius 2 is 1.79 bits per heavy atom. The number of hydrogen-bond donors (Lipinski definition) is 2. The van der Waals surface area contributed by atoms with Crippen LogP contribution in [-0.4, -0.2) is 16.7 Å². The van der Waals surface area contributed by atoms with E-state index in [9.17, 15) is 19.7 Å². The minimum absolute atomic E-state index is 0.0254. The van der Waals surface area contributed by atoms with Gasteiger partial charge in [-0.25, -0.2) is 0 Å². The maximum absolute atomic E-state index is 12.7. The van der Waals surface area contributed by atoms with Gasteiger partial charge in [0.15, 0.2) is 5.76 Å². The van der Waals surface area contributed by atoms with Crippen LogP contribution in [0, 0.1) is 10.1 Å². The van der Waals surface area contributed by atoms with Gasteiger partial charge in [0.2, 0.25) is 0 Å². The van der Waals surface area contributed by atoms with Crippen LogP contribution in [-0.2, 0) is 4.79 Å². The van der Waals surface area contributed by atoms with Crippen LogP contribution in [0.4, 0.5) is 11.4 Å². The molecule has 1 heterocycles. The SMILES string of the molecule is O=C(Nc1ccccc1)C(=Cc1cccc([N+](=O)[O-])c1)NC(=O)c1ccco1. The number of nitrogens with one attached hydrogen (secondary N) is 2. The Kier molecular flexibility index (Phi) is 5.61. The summed E-state index contributed by atoms with van der Waals surface area (Å²) in [5.41, 5.74) is 0.691. The van der Waals surface area contributed by atoms with Crippen LogP contribution in [0.3, 0.4) is 0 Å². The zero-order valence-corrected chi connectivity index (χ0v) is 14.5. The first-order chi connectivity index (χ1) is 13.5. The fourth-order valence-electron chi connectivity index (χ4n) is 2.36. The number of rotatable bonds is 6. The Morgan fingerprint density at radius 3 is 2.46 bits per heavy atom. The van der Waals surface area contributed by atoms with Crippen LogP contribution < -0.4 is 10.6 Å². The maximum Gasteiger partial charge on any atom is 0.291 e. The topological polar surface area (TPSA) is 114 Å². The van der Waals surface area contributed by atoms with Gasteiger partial charge in [-0.3, -0.25) is 19.7 Å². The number of para-hydroxylation sites is 1. The Morgan fingerprint density at radius 1 is 1.00 bits per heavy atom. The summed E-state index contributed by atoms with van der Waals surface area (Å²) >= 11 is 0. The van der Waals surface area contributed by atoms with Crippen LogP contribution in [0.25, 0.3) is 6.08 Å². The van der Waals surface area contributed by atoms with Crippen LogP contribution in [0.15, 0.2) is 83.1 Å². The zero-order chi connectivity index (χ0) is 19.9. The van der Waals surface area contributed by atoms with E-state index in [0.717, 1.165) is 0 Å². The summed E-state index contributed by atoms with van der Waals surface area (Å²) in [5, 5.41) is 16.1. The highest BCUT2D eigenvalue weighted by Crippen LogP contribution is 2.16. The molecule has 0 saturated carbocycles. The third-order valence-corrected chi connectivity index (χ3v) is 3.66. The second kappa shape index (κ2) is 8.45. The molecule has 0 atom stereocenters. The average Bonchev–Trinajstić information content (AvgIpc) is 3.23. The molecule has 140 valence electrons. The molecule has 8 nitrogen and oxygen atoms in total. The number of furan rings is 1. The van der Waals surface area contributed by atoms with Crippen LogP contribution in [0.1, 0.15) is 16.1 Å². The number of carbonyl (C=O) groups excluding carboxylic acids is 2. The third-order valence-electron chi connectivity index (χ3n) is 3.66. The summed E-state index contributed by atoms with van der Waals surface area (Å²) in [5.74, 6) is -1.18. The van der Waals surface area contributed by atoms with Gasteiger partial charge in [0.25, 0.3) is 17.5 Å². The van der Waals surface area contributed by atoms with E-state index in [1.54, 1.807) is 42.5 Å². The lowest BCUT2D eigenvalue weighted by molar-refractivity contribution is -0.384. The molecule has 8 heteroatoms. The van der Waals surface area contributed by atoms with Crippen molar-refractivity contribution in [2.75, 3.05) is 5.32 Å². The van der Waals surface area contributed by atoms with Crippen LogP contribution >= 0.6 is 0 Å². The van der Waals surface area contributed by atoms with Crippen molar-refractivity contribution in [3.05, 3.63) is 100 Å². The van der Waals surface area contributed by atoms with Crippen molar-refractivity contribution in [1.82, 2.24) is 5.32 Å². The van der Waals surface area contributed by atoms with E-state index in [1.165, 1.54) is 36.6 Å². The van der Waals surface area contributed by atoms with Gasteiger partial charge in [-0.2, -0.15) is 0 Å². The third kappa shape index (κ3) is 4.70. The van der Waals surface area contributed by atoms with Crippen molar-refractivity contribution in [3.63, 3.8) is 0 Å². The number of amides is 2. The second-order valence-corrected chi connectivity index (χ2v) is 5.66. The van der Waals surface area contributed by atoms with Crippen molar-refractivity contribution in [2.45, 2.75) is 0 Å². The molecule has 0 saturated heterocycles. The predicted octanol–water partition coefficient (Wildman–Crippen LogP) is 3.60. The number of carbonyl (C=O) groups is 2. The molecule has 0 bridgehead atoms. The van der Waals surface area contributed by atoms with E-state index < -0.39 is 16.7 Å². The fraction of sp³-hybridized carbons (Fsp3) is 0. The van der Waals surface area contributed by atoms with Gasteiger partial charge in [0, 0.05) is 17.8 Å². The quantitative estimate of drug-likeness (QED) is 0.387. The van der Waals surface area contributed by atoms with E-state index in [1.807, 2.05) is 0 Å². The van der Waals surface area contributed by atoms with E-state index in [2.05, 4.69) is 10.6 Å². The molecule has 3 rings (SSSR count). The van der Waals surface area contributed by atoms with E-state index in [0.29, 0.717) is 11.3 Å². The number of anilines is 1. The highest BCUT2D eigenvalue weighted by Gasteiger charge is 2.17. The molecule has 1 aromatic heterocycles. The molecule has 0 aliphatic heterocycles. The average molecular weight is 377 g/mol. The molecule has 2 N–H and O–H groups in total. The minimum atomic E-state index is -0.620.